The Morgan fingerprint density at radius 2 is 2.22 bits per heavy atom. The van der Waals surface area contributed by atoms with E-state index in [1.807, 2.05) is 0 Å². The number of allylic oxidation sites excluding steroid dienone is 1. The first-order valence-electron chi connectivity index (χ1n) is 7.22. The van der Waals surface area contributed by atoms with Gasteiger partial charge in [0.15, 0.2) is 11.9 Å². The standard InChI is InChI=1S/C16H16ClN3O3/c1-8-6-10(7-8)20-14(9(2)23-16(18)22)19-12-5-3-4-11(17)13(12)15(20)21/h3-5,9-10H,1,6-7H2,2H3,(H2,18,22)/t9-/m0/s1. The van der Waals surface area contributed by atoms with E-state index in [0.29, 0.717) is 34.6 Å². The highest BCUT2D eigenvalue weighted by Gasteiger charge is 2.30. The minimum absolute atomic E-state index is 0.0582. The predicted molar refractivity (Wildman–Crippen MR) is 87.5 cm³/mol. The second kappa shape index (κ2) is 5.70. The van der Waals surface area contributed by atoms with Crippen LogP contribution < -0.4 is 11.3 Å². The number of amides is 1. The summed E-state index contributed by atoms with van der Waals surface area (Å²) >= 11 is 6.17. The molecular formula is C16H16ClN3O3. The molecule has 23 heavy (non-hydrogen) atoms. The molecule has 2 N–H and O–H groups in total. The summed E-state index contributed by atoms with van der Waals surface area (Å²) < 4.78 is 6.57. The molecule has 1 aliphatic rings. The van der Waals surface area contributed by atoms with Gasteiger partial charge in [0.2, 0.25) is 0 Å². The van der Waals surface area contributed by atoms with E-state index in [0.717, 1.165) is 5.57 Å². The van der Waals surface area contributed by atoms with Gasteiger partial charge in [-0.3, -0.25) is 9.36 Å². The van der Waals surface area contributed by atoms with Gasteiger partial charge in [0, 0.05) is 6.04 Å². The zero-order valence-corrected chi connectivity index (χ0v) is 13.3. The molecule has 1 aromatic heterocycles. The van der Waals surface area contributed by atoms with Crippen LogP contribution in [-0.4, -0.2) is 15.6 Å². The molecule has 120 valence electrons. The number of fused-ring (bicyclic) bond motifs is 1. The van der Waals surface area contributed by atoms with Gasteiger partial charge >= 0.3 is 6.09 Å². The van der Waals surface area contributed by atoms with E-state index in [-0.39, 0.29) is 11.6 Å². The molecule has 0 aliphatic heterocycles. The number of hydrogen-bond acceptors (Lipinski definition) is 4. The van der Waals surface area contributed by atoms with Gasteiger partial charge in [0.05, 0.1) is 15.9 Å². The predicted octanol–water partition coefficient (Wildman–Crippen LogP) is 3.10. The van der Waals surface area contributed by atoms with Gasteiger partial charge in [-0.2, -0.15) is 0 Å². The molecule has 1 heterocycles. The van der Waals surface area contributed by atoms with Crippen LogP contribution in [0.2, 0.25) is 5.02 Å². The fourth-order valence-electron chi connectivity index (χ4n) is 2.88. The molecule has 0 unspecified atom stereocenters. The van der Waals surface area contributed by atoms with Gasteiger partial charge in [-0.25, -0.2) is 9.78 Å². The Balaban J connectivity index is 2.24. The first kappa shape index (κ1) is 15.6. The SMILES string of the molecule is C=C1CC(n2c([C@H](C)OC(N)=O)nc3cccc(Cl)c3c2=O)C1. The molecule has 0 radical (unpaired) electrons. The molecular weight excluding hydrogens is 318 g/mol. The lowest BCUT2D eigenvalue weighted by molar-refractivity contribution is 0.107. The van der Waals surface area contributed by atoms with Crippen molar-refractivity contribution in [2.75, 3.05) is 0 Å². The number of carbonyl (C=O) groups is 1. The average molecular weight is 334 g/mol. The van der Waals surface area contributed by atoms with E-state index in [2.05, 4.69) is 11.6 Å². The first-order valence-corrected chi connectivity index (χ1v) is 7.59. The third-order valence-corrected chi connectivity index (χ3v) is 4.29. The maximum Gasteiger partial charge on any atom is 0.405 e. The number of aromatic nitrogens is 2. The fourth-order valence-corrected chi connectivity index (χ4v) is 3.13. The maximum absolute atomic E-state index is 12.9. The molecule has 1 aromatic carbocycles. The summed E-state index contributed by atoms with van der Waals surface area (Å²) in [5, 5.41) is 0.712. The van der Waals surface area contributed by atoms with Crippen molar-refractivity contribution < 1.29 is 9.53 Å². The molecule has 1 aliphatic carbocycles. The molecule has 0 spiro atoms. The molecule has 0 saturated heterocycles. The number of halogens is 1. The van der Waals surface area contributed by atoms with Crippen molar-refractivity contribution in [2.45, 2.75) is 31.9 Å². The lowest BCUT2D eigenvalue weighted by Gasteiger charge is -2.33. The minimum atomic E-state index is -0.914. The van der Waals surface area contributed by atoms with Crippen LogP contribution in [0, 0.1) is 0 Å². The summed E-state index contributed by atoms with van der Waals surface area (Å²) in [5.74, 6) is 0.362. The summed E-state index contributed by atoms with van der Waals surface area (Å²) in [7, 11) is 0. The number of benzene rings is 1. The van der Waals surface area contributed by atoms with Crippen molar-refractivity contribution in [2.24, 2.45) is 5.73 Å². The topological polar surface area (TPSA) is 87.2 Å². The van der Waals surface area contributed by atoms with E-state index in [9.17, 15) is 9.59 Å². The number of rotatable bonds is 3. The van der Waals surface area contributed by atoms with Gasteiger partial charge in [0.1, 0.15) is 0 Å². The third kappa shape index (κ3) is 2.70. The quantitative estimate of drug-likeness (QED) is 0.874. The Morgan fingerprint density at radius 3 is 2.83 bits per heavy atom. The molecule has 0 bridgehead atoms. The van der Waals surface area contributed by atoms with E-state index in [1.54, 1.807) is 29.7 Å². The Kier molecular flexibility index (Phi) is 3.85. The van der Waals surface area contributed by atoms with Crippen molar-refractivity contribution in [3.8, 4) is 0 Å². The molecule has 1 fully saturated rings. The number of nitrogens with zero attached hydrogens (tertiary/aromatic N) is 2. The van der Waals surface area contributed by atoms with Crippen LogP contribution in [-0.2, 0) is 4.74 Å². The van der Waals surface area contributed by atoms with Crippen LogP contribution in [0.3, 0.4) is 0 Å². The molecule has 1 atom stereocenters. The Labute approximate surface area is 137 Å². The molecule has 3 rings (SSSR count). The Bertz CT molecular complexity index is 867. The zero-order valence-electron chi connectivity index (χ0n) is 12.6. The third-order valence-electron chi connectivity index (χ3n) is 3.98. The van der Waals surface area contributed by atoms with Crippen LogP contribution in [0.4, 0.5) is 4.79 Å². The van der Waals surface area contributed by atoms with Crippen LogP contribution in [0.1, 0.15) is 37.7 Å². The molecule has 1 saturated carbocycles. The van der Waals surface area contributed by atoms with Gasteiger partial charge in [0.25, 0.3) is 5.56 Å². The monoisotopic (exact) mass is 333 g/mol. The number of hydrogen-bond donors (Lipinski definition) is 1. The summed E-state index contributed by atoms with van der Waals surface area (Å²) in [6.45, 7) is 5.53. The van der Waals surface area contributed by atoms with Crippen molar-refractivity contribution in [3.63, 3.8) is 0 Å². The molecule has 6 nitrogen and oxygen atoms in total. The highest BCUT2D eigenvalue weighted by molar-refractivity contribution is 6.35. The Morgan fingerprint density at radius 1 is 1.52 bits per heavy atom. The van der Waals surface area contributed by atoms with Crippen molar-refractivity contribution in [1.82, 2.24) is 9.55 Å². The second-order valence-electron chi connectivity index (χ2n) is 5.67. The van der Waals surface area contributed by atoms with E-state index < -0.39 is 12.2 Å². The summed E-state index contributed by atoms with van der Waals surface area (Å²) in [6.07, 6.45) is -0.276. The van der Waals surface area contributed by atoms with Crippen LogP contribution in [0.15, 0.2) is 35.1 Å². The molecule has 1 amide bonds. The summed E-state index contributed by atoms with van der Waals surface area (Å²) in [5.41, 5.74) is 6.38. The van der Waals surface area contributed by atoms with Gasteiger partial charge in [-0.05, 0) is 31.9 Å². The second-order valence-corrected chi connectivity index (χ2v) is 6.08. The summed E-state index contributed by atoms with van der Waals surface area (Å²) in [6, 6.07) is 5.01. The lowest BCUT2D eigenvalue weighted by Crippen LogP contribution is -2.35. The maximum atomic E-state index is 12.9. The van der Waals surface area contributed by atoms with E-state index in [4.69, 9.17) is 22.1 Å². The van der Waals surface area contributed by atoms with Gasteiger partial charge < -0.3 is 10.5 Å². The molecule has 7 heteroatoms. The van der Waals surface area contributed by atoms with Gasteiger partial charge in [-0.1, -0.05) is 29.8 Å². The van der Waals surface area contributed by atoms with Gasteiger partial charge in [-0.15, -0.1) is 0 Å². The van der Waals surface area contributed by atoms with E-state index in [1.165, 1.54) is 0 Å². The molecule has 2 aromatic rings. The number of primary amides is 1. The van der Waals surface area contributed by atoms with Crippen molar-refractivity contribution in [3.05, 3.63) is 51.6 Å². The van der Waals surface area contributed by atoms with Crippen LogP contribution in [0.5, 0.6) is 0 Å². The smallest absolute Gasteiger partial charge is 0.405 e. The Hall–Kier alpha value is -2.34. The van der Waals surface area contributed by atoms with Crippen molar-refractivity contribution >= 4 is 28.6 Å². The summed E-state index contributed by atoms with van der Waals surface area (Å²) in [4.78, 5) is 28.5. The number of nitrogens with two attached hydrogens (primary N) is 1. The highest BCUT2D eigenvalue weighted by Crippen LogP contribution is 2.37. The van der Waals surface area contributed by atoms with Crippen LogP contribution >= 0.6 is 11.6 Å². The minimum Gasteiger partial charge on any atom is -0.439 e. The number of ether oxygens (including phenoxy) is 1. The average Bonchev–Trinajstić information content (AvgIpc) is 2.43. The van der Waals surface area contributed by atoms with Crippen molar-refractivity contribution in [1.29, 1.82) is 0 Å². The first-order chi connectivity index (χ1) is 10.9. The highest BCUT2D eigenvalue weighted by atomic mass is 35.5. The zero-order chi connectivity index (χ0) is 16.7. The fraction of sp³-hybridized carbons (Fsp3) is 0.312. The normalized spacial score (nSPS) is 16.2. The lowest BCUT2D eigenvalue weighted by atomic mass is 9.87. The number of carbonyl (C=O) groups excluding carboxylic acids is 1. The largest absolute Gasteiger partial charge is 0.439 e. The van der Waals surface area contributed by atoms with E-state index >= 15 is 0 Å². The van der Waals surface area contributed by atoms with Crippen LogP contribution in [0.25, 0.3) is 10.9 Å².